The molecule has 0 aromatic carbocycles. The van der Waals surface area contributed by atoms with Gasteiger partial charge in [-0.05, 0) is 12.8 Å². The first-order valence-corrected chi connectivity index (χ1v) is 4.76. The SMILES string of the molecule is Cc1nc2cn(C)nc2nc1C(C)C. The molecule has 74 valence electrons. The van der Waals surface area contributed by atoms with Crippen LogP contribution in [0.5, 0.6) is 0 Å². The maximum atomic E-state index is 4.50. The first-order valence-electron chi connectivity index (χ1n) is 4.76. The van der Waals surface area contributed by atoms with Crippen molar-refractivity contribution in [2.24, 2.45) is 7.05 Å². The van der Waals surface area contributed by atoms with Gasteiger partial charge in [-0.3, -0.25) is 4.68 Å². The van der Waals surface area contributed by atoms with Crippen LogP contribution in [0.25, 0.3) is 11.2 Å². The van der Waals surface area contributed by atoms with Crippen molar-refractivity contribution in [2.75, 3.05) is 0 Å². The fourth-order valence-electron chi connectivity index (χ4n) is 1.60. The van der Waals surface area contributed by atoms with E-state index in [1.165, 1.54) is 0 Å². The van der Waals surface area contributed by atoms with Gasteiger partial charge in [-0.2, -0.15) is 5.10 Å². The lowest BCUT2D eigenvalue weighted by molar-refractivity contribution is 0.768. The van der Waals surface area contributed by atoms with Crippen molar-refractivity contribution in [1.82, 2.24) is 19.7 Å². The minimum absolute atomic E-state index is 0.397. The minimum atomic E-state index is 0.397. The van der Waals surface area contributed by atoms with Gasteiger partial charge in [0.15, 0.2) is 5.65 Å². The molecule has 0 radical (unpaired) electrons. The van der Waals surface area contributed by atoms with Crippen LogP contribution in [-0.4, -0.2) is 19.7 Å². The van der Waals surface area contributed by atoms with E-state index >= 15 is 0 Å². The molecule has 2 aromatic heterocycles. The molecule has 4 heteroatoms. The Bertz CT molecular complexity index is 470. The van der Waals surface area contributed by atoms with Crippen LogP contribution in [0.3, 0.4) is 0 Å². The molecule has 0 aliphatic heterocycles. The molecule has 0 bridgehead atoms. The number of aromatic nitrogens is 4. The molecule has 0 atom stereocenters. The zero-order chi connectivity index (χ0) is 10.3. The number of hydrogen-bond donors (Lipinski definition) is 0. The Labute approximate surface area is 83.0 Å². The first kappa shape index (κ1) is 9.12. The lowest BCUT2D eigenvalue weighted by atomic mass is 10.1. The van der Waals surface area contributed by atoms with E-state index in [0.29, 0.717) is 5.92 Å². The highest BCUT2D eigenvalue weighted by Gasteiger charge is 2.10. The van der Waals surface area contributed by atoms with E-state index in [1.807, 2.05) is 20.2 Å². The molecule has 0 amide bonds. The van der Waals surface area contributed by atoms with E-state index < -0.39 is 0 Å². The van der Waals surface area contributed by atoms with Crippen LogP contribution in [0.2, 0.25) is 0 Å². The van der Waals surface area contributed by atoms with Gasteiger partial charge in [-0.15, -0.1) is 0 Å². The molecule has 0 saturated heterocycles. The second-order valence-electron chi connectivity index (χ2n) is 3.86. The molecule has 0 spiro atoms. The molecule has 0 aliphatic carbocycles. The van der Waals surface area contributed by atoms with Crippen LogP contribution in [0.4, 0.5) is 0 Å². The maximum absolute atomic E-state index is 4.50. The van der Waals surface area contributed by atoms with Crippen LogP contribution in [0, 0.1) is 6.92 Å². The molecular weight excluding hydrogens is 176 g/mol. The standard InChI is InChI=1S/C10H14N4/c1-6(2)9-7(3)11-8-5-14(4)13-10(8)12-9/h5-6H,1-4H3. The zero-order valence-electron chi connectivity index (χ0n) is 8.94. The molecule has 0 aliphatic rings. The van der Waals surface area contributed by atoms with E-state index in [9.17, 15) is 0 Å². The quantitative estimate of drug-likeness (QED) is 0.688. The lowest BCUT2D eigenvalue weighted by Gasteiger charge is -2.06. The van der Waals surface area contributed by atoms with Gasteiger partial charge in [0.05, 0.1) is 17.6 Å². The summed E-state index contributed by atoms with van der Waals surface area (Å²) in [6.07, 6.45) is 1.89. The van der Waals surface area contributed by atoms with Gasteiger partial charge in [0, 0.05) is 7.05 Å². The van der Waals surface area contributed by atoms with Gasteiger partial charge in [-0.1, -0.05) is 13.8 Å². The second-order valence-corrected chi connectivity index (χ2v) is 3.86. The topological polar surface area (TPSA) is 43.6 Å². The van der Waals surface area contributed by atoms with E-state index in [1.54, 1.807) is 4.68 Å². The van der Waals surface area contributed by atoms with Crippen molar-refractivity contribution >= 4 is 11.2 Å². The van der Waals surface area contributed by atoms with Crippen LogP contribution in [0.1, 0.15) is 31.2 Å². The van der Waals surface area contributed by atoms with Crippen LogP contribution in [0.15, 0.2) is 6.20 Å². The third-order valence-corrected chi connectivity index (χ3v) is 2.22. The molecule has 0 unspecified atom stereocenters. The van der Waals surface area contributed by atoms with Crippen molar-refractivity contribution < 1.29 is 0 Å². The summed E-state index contributed by atoms with van der Waals surface area (Å²) in [5.41, 5.74) is 3.65. The monoisotopic (exact) mass is 190 g/mol. The molecule has 14 heavy (non-hydrogen) atoms. The summed E-state index contributed by atoms with van der Waals surface area (Å²) >= 11 is 0. The summed E-state index contributed by atoms with van der Waals surface area (Å²) in [7, 11) is 1.88. The molecule has 0 saturated carbocycles. The molecule has 2 heterocycles. The number of rotatable bonds is 1. The van der Waals surface area contributed by atoms with Crippen LogP contribution in [-0.2, 0) is 7.05 Å². The number of aryl methyl sites for hydroxylation is 2. The molecule has 4 nitrogen and oxygen atoms in total. The van der Waals surface area contributed by atoms with Crippen molar-refractivity contribution in [3.05, 3.63) is 17.6 Å². The molecule has 2 rings (SSSR count). The highest BCUT2D eigenvalue weighted by molar-refractivity contribution is 5.69. The maximum Gasteiger partial charge on any atom is 0.200 e. The van der Waals surface area contributed by atoms with Gasteiger partial charge in [-0.25, -0.2) is 9.97 Å². The third-order valence-electron chi connectivity index (χ3n) is 2.22. The summed E-state index contributed by atoms with van der Waals surface area (Å²) in [6.45, 7) is 6.23. The molecule has 0 N–H and O–H groups in total. The zero-order valence-corrected chi connectivity index (χ0v) is 8.94. The summed E-state index contributed by atoms with van der Waals surface area (Å²) in [5.74, 6) is 0.397. The lowest BCUT2D eigenvalue weighted by Crippen LogP contribution is -1.99. The second kappa shape index (κ2) is 3.04. The Balaban J connectivity index is 2.70. The summed E-state index contributed by atoms with van der Waals surface area (Å²) in [6, 6.07) is 0. The Morgan fingerprint density at radius 3 is 2.64 bits per heavy atom. The van der Waals surface area contributed by atoms with Gasteiger partial charge in [0.2, 0.25) is 0 Å². The molecule has 2 aromatic rings. The van der Waals surface area contributed by atoms with Crippen molar-refractivity contribution in [3.8, 4) is 0 Å². The van der Waals surface area contributed by atoms with Gasteiger partial charge < -0.3 is 0 Å². The number of hydrogen-bond acceptors (Lipinski definition) is 3. The summed E-state index contributed by atoms with van der Waals surface area (Å²) in [4.78, 5) is 8.97. The first-order chi connectivity index (χ1) is 6.58. The fraction of sp³-hybridized carbons (Fsp3) is 0.500. The third kappa shape index (κ3) is 1.36. The fourth-order valence-corrected chi connectivity index (χ4v) is 1.60. The minimum Gasteiger partial charge on any atom is -0.271 e. The average molecular weight is 190 g/mol. The Kier molecular flexibility index (Phi) is 1.98. The van der Waals surface area contributed by atoms with E-state index in [-0.39, 0.29) is 0 Å². The smallest absolute Gasteiger partial charge is 0.200 e. The summed E-state index contributed by atoms with van der Waals surface area (Å²) in [5, 5.41) is 4.24. The predicted molar refractivity (Wildman–Crippen MR) is 55.1 cm³/mol. The van der Waals surface area contributed by atoms with Crippen molar-refractivity contribution in [1.29, 1.82) is 0 Å². The van der Waals surface area contributed by atoms with Crippen LogP contribution < -0.4 is 0 Å². The Hall–Kier alpha value is -1.45. The normalized spacial score (nSPS) is 11.5. The van der Waals surface area contributed by atoms with E-state index in [4.69, 9.17) is 0 Å². The largest absolute Gasteiger partial charge is 0.271 e. The highest BCUT2D eigenvalue weighted by atomic mass is 15.3. The number of fused-ring (bicyclic) bond motifs is 1. The highest BCUT2D eigenvalue weighted by Crippen LogP contribution is 2.17. The van der Waals surface area contributed by atoms with Crippen molar-refractivity contribution in [2.45, 2.75) is 26.7 Å². The van der Waals surface area contributed by atoms with Gasteiger partial charge in [0.25, 0.3) is 0 Å². The van der Waals surface area contributed by atoms with Crippen LogP contribution >= 0.6 is 0 Å². The Morgan fingerprint density at radius 2 is 2.00 bits per heavy atom. The Morgan fingerprint density at radius 1 is 1.29 bits per heavy atom. The van der Waals surface area contributed by atoms with E-state index in [2.05, 4.69) is 28.9 Å². The molecular formula is C10H14N4. The van der Waals surface area contributed by atoms with Gasteiger partial charge in [0.1, 0.15) is 5.52 Å². The predicted octanol–water partition coefficient (Wildman–Crippen LogP) is 1.80. The number of nitrogens with zero attached hydrogens (tertiary/aromatic N) is 4. The summed E-state index contributed by atoms with van der Waals surface area (Å²) < 4.78 is 1.74. The van der Waals surface area contributed by atoms with Crippen molar-refractivity contribution in [3.63, 3.8) is 0 Å². The van der Waals surface area contributed by atoms with E-state index in [0.717, 1.165) is 22.6 Å². The average Bonchev–Trinajstić information content (AvgIpc) is 2.42. The van der Waals surface area contributed by atoms with Gasteiger partial charge >= 0.3 is 0 Å². The molecule has 0 fully saturated rings.